The van der Waals surface area contributed by atoms with Gasteiger partial charge in [0.05, 0.1) is 46.9 Å². The fourth-order valence-corrected chi connectivity index (χ4v) is 5.27. The maximum atomic E-state index is 10.8. The van der Waals surface area contributed by atoms with Gasteiger partial charge in [-0.1, -0.05) is 23.2 Å². The summed E-state index contributed by atoms with van der Waals surface area (Å²) < 4.78 is 8.03. The van der Waals surface area contributed by atoms with E-state index in [0.717, 1.165) is 29.7 Å². The third-order valence-corrected chi connectivity index (χ3v) is 7.53. The van der Waals surface area contributed by atoms with Gasteiger partial charge in [-0.05, 0) is 40.8 Å². The summed E-state index contributed by atoms with van der Waals surface area (Å²) in [6, 6.07) is 4.38. The number of piperidine rings is 1. The summed E-state index contributed by atoms with van der Waals surface area (Å²) in [6.45, 7) is 0.646. The lowest BCUT2D eigenvalue weighted by atomic mass is 10.1. The van der Waals surface area contributed by atoms with Gasteiger partial charge in [0.15, 0.2) is 0 Å². The molecular formula is C20H18BrCl2N5O3. The lowest BCUT2D eigenvalue weighted by Gasteiger charge is -2.29. The highest BCUT2D eigenvalue weighted by Crippen LogP contribution is 2.50. The Balaban J connectivity index is 1.55. The van der Waals surface area contributed by atoms with Gasteiger partial charge in [-0.15, -0.1) is 0 Å². The Hall–Kier alpha value is -1.94. The van der Waals surface area contributed by atoms with Crippen LogP contribution in [0.3, 0.4) is 0 Å². The zero-order valence-electron chi connectivity index (χ0n) is 16.2. The van der Waals surface area contributed by atoms with Crippen molar-refractivity contribution < 1.29 is 14.6 Å². The summed E-state index contributed by atoms with van der Waals surface area (Å²) in [4.78, 5) is 22.0. The highest BCUT2D eigenvalue weighted by molar-refractivity contribution is 9.10. The Labute approximate surface area is 196 Å². The highest BCUT2D eigenvalue weighted by atomic mass is 79.9. The summed E-state index contributed by atoms with van der Waals surface area (Å²) in [5, 5.41) is 14.7. The van der Waals surface area contributed by atoms with Gasteiger partial charge < -0.3 is 14.7 Å². The van der Waals surface area contributed by atoms with E-state index < -0.39 is 5.97 Å². The van der Waals surface area contributed by atoms with Crippen LogP contribution in [0.15, 0.2) is 29.3 Å². The number of anilines is 1. The van der Waals surface area contributed by atoms with Crippen molar-refractivity contribution in [3.05, 3.63) is 39.3 Å². The van der Waals surface area contributed by atoms with E-state index in [1.54, 1.807) is 11.0 Å². The van der Waals surface area contributed by atoms with Crippen LogP contribution in [0.4, 0.5) is 5.82 Å². The van der Waals surface area contributed by atoms with Crippen LogP contribution in [-0.2, 0) is 9.53 Å². The number of halogens is 3. The largest absolute Gasteiger partial charge is 0.481 e. The number of rotatable bonds is 7. The normalized spacial score (nSPS) is 22.2. The van der Waals surface area contributed by atoms with Crippen LogP contribution < -0.4 is 4.90 Å². The van der Waals surface area contributed by atoms with E-state index >= 15 is 0 Å². The maximum Gasteiger partial charge on any atom is 0.305 e. The van der Waals surface area contributed by atoms with Crippen LogP contribution in [0.25, 0.3) is 16.6 Å². The van der Waals surface area contributed by atoms with Gasteiger partial charge in [0.2, 0.25) is 0 Å². The smallest absolute Gasteiger partial charge is 0.305 e. The second kappa shape index (κ2) is 8.20. The molecule has 2 aliphatic rings. The van der Waals surface area contributed by atoms with Crippen molar-refractivity contribution in [3.63, 3.8) is 0 Å². The van der Waals surface area contributed by atoms with Crippen molar-refractivity contribution in [1.82, 2.24) is 19.7 Å². The van der Waals surface area contributed by atoms with Crippen LogP contribution in [0.5, 0.6) is 0 Å². The minimum Gasteiger partial charge on any atom is -0.481 e. The van der Waals surface area contributed by atoms with Gasteiger partial charge in [0.1, 0.15) is 18.5 Å². The molecule has 2 fully saturated rings. The Kier molecular flexibility index (Phi) is 5.54. The predicted octanol–water partition coefficient (Wildman–Crippen LogP) is 4.34. The molecule has 1 aliphatic carbocycles. The molecule has 0 amide bonds. The first kappa shape index (κ1) is 20.9. The molecule has 0 spiro atoms. The Bertz CT molecular complexity index is 1160. The first-order valence-corrected chi connectivity index (χ1v) is 11.4. The number of carboxylic acids is 1. The van der Waals surface area contributed by atoms with Crippen LogP contribution in [0, 0.1) is 5.92 Å². The van der Waals surface area contributed by atoms with E-state index in [0.29, 0.717) is 38.6 Å². The zero-order chi connectivity index (χ0) is 21.7. The molecule has 31 heavy (non-hydrogen) atoms. The topological polar surface area (TPSA) is 93.4 Å². The number of aliphatic carboxylic acids is 1. The number of hydrogen-bond acceptors (Lipinski definition) is 6. The zero-order valence-corrected chi connectivity index (χ0v) is 19.3. The van der Waals surface area contributed by atoms with Crippen molar-refractivity contribution in [2.45, 2.75) is 31.3 Å². The average molecular weight is 527 g/mol. The molecule has 1 N–H and O–H groups in total. The molecule has 2 aromatic heterocycles. The number of benzene rings is 1. The molecule has 1 unspecified atom stereocenters. The third kappa shape index (κ3) is 3.88. The summed E-state index contributed by atoms with van der Waals surface area (Å²) in [5.41, 5.74) is 1.39. The molecule has 3 aromatic rings. The molecule has 1 saturated heterocycles. The van der Waals surface area contributed by atoms with E-state index in [9.17, 15) is 4.79 Å². The Morgan fingerprint density at radius 1 is 1.29 bits per heavy atom. The van der Waals surface area contributed by atoms with Crippen LogP contribution in [-0.4, -0.2) is 56.1 Å². The minimum atomic E-state index is -0.863. The van der Waals surface area contributed by atoms with Gasteiger partial charge >= 0.3 is 5.97 Å². The molecule has 0 bridgehead atoms. The van der Waals surface area contributed by atoms with E-state index in [-0.39, 0.29) is 19.1 Å². The lowest BCUT2D eigenvalue weighted by molar-refractivity contribution is -0.138. The number of carboxylic acid groups (broad SMARTS) is 1. The molecular weight excluding hydrogens is 509 g/mol. The van der Waals surface area contributed by atoms with E-state index in [1.807, 2.05) is 12.1 Å². The van der Waals surface area contributed by atoms with Crippen molar-refractivity contribution >= 4 is 61.8 Å². The standard InChI is InChI=1S/C20H18BrCl2N5O3/c21-13-5-12-15(27-9-24-8-25-27)6-16(26-20(12)19(23)18(13)22)28-11(3-10-4-14(10)28)7-31-2-1-17(29)30/h5-6,8-11,14H,1-4,7H2,(H,29,30)/t10?,11-,14-/m0/s1. The van der Waals surface area contributed by atoms with Gasteiger partial charge in [0, 0.05) is 22.0 Å². The van der Waals surface area contributed by atoms with Gasteiger partial charge in [-0.2, -0.15) is 5.10 Å². The first-order valence-electron chi connectivity index (χ1n) is 9.85. The molecule has 1 aliphatic heterocycles. The second-order valence-electron chi connectivity index (χ2n) is 7.80. The van der Waals surface area contributed by atoms with Crippen LogP contribution in [0.1, 0.15) is 19.3 Å². The number of aromatic nitrogens is 4. The molecule has 0 radical (unpaired) electrons. The van der Waals surface area contributed by atoms with Crippen molar-refractivity contribution in [3.8, 4) is 5.69 Å². The molecule has 5 rings (SSSR count). The van der Waals surface area contributed by atoms with E-state index in [2.05, 4.69) is 30.9 Å². The number of pyridine rings is 1. The number of ether oxygens (including phenoxy) is 1. The number of fused-ring (bicyclic) bond motifs is 2. The van der Waals surface area contributed by atoms with Gasteiger partial charge in [0.25, 0.3) is 0 Å². The minimum absolute atomic E-state index is 0.00671. The van der Waals surface area contributed by atoms with Crippen LogP contribution >= 0.6 is 39.1 Å². The van der Waals surface area contributed by atoms with E-state index in [4.69, 9.17) is 38.0 Å². The lowest BCUT2D eigenvalue weighted by Crippen LogP contribution is -2.37. The molecule has 3 atom stereocenters. The van der Waals surface area contributed by atoms with Crippen molar-refractivity contribution in [2.75, 3.05) is 18.1 Å². The number of hydrogen-bond donors (Lipinski definition) is 1. The highest BCUT2D eigenvalue weighted by Gasteiger charge is 2.52. The first-order chi connectivity index (χ1) is 14.9. The molecule has 3 heterocycles. The predicted molar refractivity (Wildman–Crippen MR) is 120 cm³/mol. The number of carbonyl (C=O) groups is 1. The Morgan fingerprint density at radius 2 is 2.13 bits per heavy atom. The van der Waals surface area contributed by atoms with Crippen molar-refractivity contribution in [2.24, 2.45) is 5.92 Å². The summed E-state index contributed by atoms with van der Waals surface area (Å²) in [7, 11) is 0. The fraction of sp³-hybridized carbons (Fsp3) is 0.400. The molecule has 1 aromatic carbocycles. The second-order valence-corrected chi connectivity index (χ2v) is 9.41. The van der Waals surface area contributed by atoms with E-state index in [1.165, 1.54) is 6.33 Å². The maximum absolute atomic E-state index is 10.8. The fourth-order valence-electron chi connectivity index (χ4n) is 4.33. The third-order valence-electron chi connectivity index (χ3n) is 5.82. The Morgan fingerprint density at radius 3 is 2.87 bits per heavy atom. The van der Waals surface area contributed by atoms with Gasteiger partial charge in [-0.25, -0.2) is 14.6 Å². The number of nitrogens with zero attached hydrogens (tertiary/aromatic N) is 5. The summed E-state index contributed by atoms with van der Waals surface area (Å²) in [6.07, 6.45) is 5.20. The van der Waals surface area contributed by atoms with Gasteiger partial charge in [-0.3, -0.25) is 4.79 Å². The van der Waals surface area contributed by atoms with Crippen molar-refractivity contribution in [1.29, 1.82) is 0 Å². The molecule has 1 saturated carbocycles. The van der Waals surface area contributed by atoms with Crippen LogP contribution in [0.2, 0.25) is 10.0 Å². The monoisotopic (exact) mass is 525 g/mol. The average Bonchev–Trinajstić information content (AvgIpc) is 3.14. The molecule has 11 heteroatoms. The molecule has 8 nitrogen and oxygen atoms in total. The molecule has 162 valence electrons. The SMILES string of the molecule is O=C(O)CCOC[C@@H]1CC2C[C@@H]2N1c1cc(-n2cncn2)c2cc(Br)c(Cl)c(Cl)c2n1. The quantitative estimate of drug-likeness (QED) is 0.361. The summed E-state index contributed by atoms with van der Waals surface area (Å²) >= 11 is 16.4. The summed E-state index contributed by atoms with van der Waals surface area (Å²) in [5.74, 6) is 0.511.